The summed E-state index contributed by atoms with van der Waals surface area (Å²) in [5.74, 6) is 0.115. The number of hydrogen-bond acceptors (Lipinski definition) is 8. The van der Waals surface area contributed by atoms with Crippen molar-refractivity contribution in [3.63, 3.8) is 0 Å². The van der Waals surface area contributed by atoms with E-state index < -0.39 is 24.5 Å². The van der Waals surface area contributed by atoms with Gasteiger partial charge in [-0.1, -0.05) is 6.58 Å². The van der Waals surface area contributed by atoms with Crippen LogP contribution in [0.4, 0.5) is 5.82 Å². The van der Waals surface area contributed by atoms with Gasteiger partial charge in [-0.25, -0.2) is 15.0 Å². The summed E-state index contributed by atoms with van der Waals surface area (Å²) in [6.45, 7) is 2.89. The fourth-order valence-electron chi connectivity index (χ4n) is 2.29. The molecule has 20 heavy (non-hydrogen) atoms. The van der Waals surface area contributed by atoms with E-state index in [1.165, 1.54) is 17.2 Å². The van der Waals surface area contributed by atoms with Crippen LogP contribution in [0.1, 0.15) is 0 Å². The van der Waals surface area contributed by atoms with E-state index in [0.717, 1.165) is 0 Å². The number of anilines is 1. The number of aliphatic hydroxyl groups is 3. The number of aliphatic hydroxyl groups excluding tert-OH is 3. The van der Waals surface area contributed by atoms with Gasteiger partial charge in [0, 0.05) is 0 Å². The summed E-state index contributed by atoms with van der Waals surface area (Å²) >= 11 is 0. The van der Waals surface area contributed by atoms with Crippen molar-refractivity contribution in [2.24, 2.45) is 0 Å². The highest BCUT2D eigenvalue weighted by atomic mass is 16.6. The van der Waals surface area contributed by atoms with Crippen LogP contribution in [0.15, 0.2) is 25.0 Å². The quantitative estimate of drug-likeness (QED) is 0.511. The zero-order valence-electron chi connectivity index (χ0n) is 10.3. The zero-order chi connectivity index (χ0) is 14.5. The van der Waals surface area contributed by atoms with Gasteiger partial charge < -0.3 is 25.8 Å². The predicted molar refractivity (Wildman–Crippen MR) is 67.0 cm³/mol. The summed E-state index contributed by atoms with van der Waals surface area (Å²) in [5.41, 5.74) is 4.61. The van der Waals surface area contributed by atoms with Gasteiger partial charge in [-0.15, -0.1) is 0 Å². The smallest absolute Gasteiger partial charge is 0.240 e. The lowest BCUT2D eigenvalue weighted by Crippen LogP contribution is -2.48. The largest absolute Gasteiger partial charge is 0.464 e. The number of nitrogens with two attached hydrogens (primary N) is 1. The number of rotatable bonds is 2. The van der Waals surface area contributed by atoms with E-state index in [1.807, 2.05) is 0 Å². The van der Waals surface area contributed by atoms with Crippen LogP contribution in [0.5, 0.6) is 0 Å². The molecular formula is C11H13N5O4. The minimum atomic E-state index is -1.65. The molecule has 0 aliphatic carbocycles. The Morgan fingerprint density at radius 3 is 2.75 bits per heavy atom. The third-order valence-electron chi connectivity index (χ3n) is 3.40. The molecular weight excluding hydrogens is 266 g/mol. The molecule has 0 saturated carbocycles. The molecule has 106 valence electrons. The lowest BCUT2D eigenvalue weighted by molar-refractivity contribution is -0.140. The van der Waals surface area contributed by atoms with Gasteiger partial charge in [0.25, 0.3) is 0 Å². The molecule has 2 aromatic heterocycles. The molecule has 0 bridgehead atoms. The second kappa shape index (κ2) is 4.13. The Kier molecular flexibility index (Phi) is 2.64. The first-order chi connectivity index (χ1) is 9.51. The summed E-state index contributed by atoms with van der Waals surface area (Å²) < 4.78 is 6.70. The third kappa shape index (κ3) is 1.45. The highest BCUT2D eigenvalue weighted by Gasteiger charge is 2.54. The molecule has 0 amide bonds. The van der Waals surface area contributed by atoms with Gasteiger partial charge in [-0.3, -0.25) is 4.57 Å². The van der Waals surface area contributed by atoms with Crippen LogP contribution in [0.3, 0.4) is 0 Å². The van der Waals surface area contributed by atoms with E-state index in [-0.39, 0.29) is 17.2 Å². The fraction of sp³-hybridized carbons (Fsp3) is 0.364. The summed E-state index contributed by atoms with van der Waals surface area (Å²) in [7, 11) is 0. The maximum absolute atomic E-state index is 10.2. The predicted octanol–water partition coefficient (Wildman–Crippen LogP) is -1.68. The Morgan fingerprint density at radius 1 is 1.40 bits per heavy atom. The molecule has 0 aromatic carbocycles. The highest BCUT2D eigenvalue weighted by molar-refractivity contribution is 5.81. The van der Waals surface area contributed by atoms with Crippen LogP contribution in [0, 0.1) is 0 Å². The highest BCUT2D eigenvalue weighted by Crippen LogP contribution is 2.38. The molecule has 3 atom stereocenters. The third-order valence-corrected chi connectivity index (χ3v) is 3.40. The Balaban J connectivity index is 2.23. The van der Waals surface area contributed by atoms with Crippen LogP contribution in [-0.2, 0) is 10.5 Å². The number of hydrogen-bond donors (Lipinski definition) is 4. The minimum Gasteiger partial charge on any atom is -0.464 e. The maximum Gasteiger partial charge on any atom is 0.240 e. The number of nitrogens with zero attached hydrogens (tertiary/aromatic N) is 4. The molecule has 0 radical (unpaired) electrons. The van der Waals surface area contributed by atoms with E-state index in [1.54, 1.807) is 0 Å². The van der Waals surface area contributed by atoms with Crippen molar-refractivity contribution in [1.29, 1.82) is 0 Å². The monoisotopic (exact) mass is 279 g/mol. The Labute approximate surface area is 113 Å². The fourth-order valence-corrected chi connectivity index (χ4v) is 2.29. The molecule has 0 unspecified atom stereocenters. The second-order valence-electron chi connectivity index (χ2n) is 4.51. The second-order valence-corrected chi connectivity index (χ2v) is 4.51. The average molecular weight is 279 g/mol. The SMILES string of the molecule is C=C1O[C@@](CO)(n2cnc3c(N)ncnc32)[C@@H](O)[C@H]1O. The molecule has 2 aromatic rings. The van der Waals surface area contributed by atoms with E-state index in [0.29, 0.717) is 5.52 Å². The number of imidazole rings is 1. The zero-order valence-corrected chi connectivity index (χ0v) is 10.3. The molecule has 9 nitrogen and oxygen atoms in total. The lowest BCUT2D eigenvalue weighted by Gasteiger charge is -2.30. The van der Waals surface area contributed by atoms with E-state index >= 15 is 0 Å². The van der Waals surface area contributed by atoms with Gasteiger partial charge in [0.1, 0.15) is 42.7 Å². The molecule has 1 aliphatic rings. The average Bonchev–Trinajstić information content (AvgIpc) is 2.96. The van der Waals surface area contributed by atoms with Crippen molar-refractivity contribution >= 4 is 17.0 Å². The molecule has 3 heterocycles. The first kappa shape index (κ1) is 12.8. The molecule has 1 saturated heterocycles. The number of fused-ring (bicyclic) bond motifs is 1. The number of nitrogen functional groups attached to an aromatic ring is 1. The number of aromatic nitrogens is 4. The van der Waals surface area contributed by atoms with Gasteiger partial charge in [0.05, 0.1) is 0 Å². The summed E-state index contributed by atoms with van der Waals surface area (Å²) in [4.78, 5) is 11.9. The summed E-state index contributed by atoms with van der Waals surface area (Å²) in [6, 6.07) is 0. The van der Waals surface area contributed by atoms with Crippen molar-refractivity contribution in [2.75, 3.05) is 12.3 Å². The van der Waals surface area contributed by atoms with Gasteiger partial charge in [0.15, 0.2) is 11.5 Å². The van der Waals surface area contributed by atoms with Crippen LogP contribution in [-0.4, -0.2) is 53.7 Å². The Hall–Kier alpha value is -2.23. The lowest BCUT2D eigenvalue weighted by atomic mass is 10.0. The summed E-state index contributed by atoms with van der Waals surface area (Å²) in [5, 5.41) is 29.6. The maximum atomic E-state index is 10.2. The van der Waals surface area contributed by atoms with Gasteiger partial charge in [-0.05, 0) is 0 Å². The molecule has 9 heteroatoms. The van der Waals surface area contributed by atoms with Crippen molar-refractivity contribution < 1.29 is 20.1 Å². The first-order valence-electron chi connectivity index (χ1n) is 5.80. The molecule has 1 aliphatic heterocycles. The normalized spacial score (nSPS) is 29.9. The van der Waals surface area contributed by atoms with Crippen molar-refractivity contribution in [1.82, 2.24) is 19.5 Å². The molecule has 5 N–H and O–H groups in total. The van der Waals surface area contributed by atoms with Gasteiger partial charge in [0.2, 0.25) is 5.72 Å². The van der Waals surface area contributed by atoms with Crippen LogP contribution < -0.4 is 5.73 Å². The van der Waals surface area contributed by atoms with Gasteiger partial charge in [-0.2, -0.15) is 0 Å². The number of ether oxygens (including phenoxy) is 1. The summed E-state index contributed by atoms with van der Waals surface area (Å²) in [6.07, 6.45) is -0.207. The molecule has 3 rings (SSSR count). The molecule has 0 spiro atoms. The Morgan fingerprint density at radius 2 is 2.15 bits per heavy atom. The first-order valence-corrected chi connectivity index (χ1v) is 5.80. The minimum absolute atomic E-state index is 0.0459. The van der Waals surface area contributed by atoms with Crippen LogP contribution >= 0.6 is 0 Å². The van der Waals surface area contributed by atoms with E-state index in [2.05, 4.69) is 21.5 Å². The van der Waals surface area contributed by atoms with Gasteiger partial charge >= 0.3 is 0 Å². The van der Waals surface area contributed by atoms with Crippen molar-refractivity contribution in [3.05, 3.63) is 25.0 Å². The Bertz CT molecular complexity index is 687. The van der Waals surface area contributed by atoms with E-state index in [4.69, 9.17) is 10.5 Å². The van der Waals surface area contributed by atoms with E-state index in [9.17, 15) is 15.3 Å². The molecule has 1 fully saturated rings. The topological polar surface area (TPSA) is 140 Å². The van der Waals surface area contributed by atoms with Crippen LogP contribution in [0.2, 0.25) is 0 Å². The van der Waals surface area contributed by atoms with Crippen molar-refractivity contribution in [2.45, 2.75) is 17.9 Å². The van der Waals surface area contributed by atoms with Crippen LogP contribution in [0.25, 0.3) is 11.2 Å². The van der Waals surface area contributed by atoms with Crippen molar-refractivity contribution in [3.8, 4) is 0 Å². The standard InChI is InChI=1S/C11H13N5O4/c1-5-7(18)8(19)11(2-17,20-5)16-4-15-6-9(12)13-3-14-10(6)16/h3-4,7-8,17-19H,1-2H2,(H2,12,13,14)/t7-,8-,11+/m0/s1.